The first-order chi connectivity index (χ1) is 10.7. The Morgan fingerprint density at radius 3 is 2.50 bits per heavy atom. The first-order valence-corrected chi connectivity index (χ1v) is 8.58. The number of aromatic nitrogens is 4. The summed E-state index contributed by atoms with van der Waals surface area (Å²) in [5.41, 5.74) is 1.11. The predicted octanol–water partition coefficient (Wildman–Crippen LogP) is 2.22. The molecule has 0 radical (unpaired) electrons. The van der Waals surface area contributed by atoms with E-state index in [-0.39, 0.29) is 0 Å². The molecule has 0 amide bonds. The molecule has 3 rings (SSSR count). The van der Waals surface area contributed by atoms with Crippen LogP contribution in [-0.4, -0.2) is 45.5 Å². The van der Waals surface area contributed by atoms with Crippen LogP contribution in [0.3, 0.4) is 0 Å². The van der Waals surface area contributed by atoms with E-state index < -0.39 is 0 Å². The Balaban J connectivity index is 1.73. The van der Waals surface area contributed by atoms with Gasteiger partial charge < -0.3 is 9.80 Å². The molecule has 0 aromatic carbocycles. The number of anilines is 2. The van der Waals surface area contributed by atoms with Crippen molar-refractivity contribution in [3.63, 3.8) is 0 Å². The average Bonchev–Trinajstić information content (AvgIpc) is 2.80. The Bertz CT molecular complexity index is 641. The van der Waals surface area contributed by atoms with Crippen LogP contribution in [0, 0.1) is 13.8 Å². The molecule has 0 unspecified atom stereocenters. The highest BCUT2D eigenvalue weighted by Gasteiger charge is 2.19. The van der Waals surface area contributed by atoms with Crippen molar-refractivity contribution in [3.05, 3.63) is 23.4 Å². The average molecular weight is 318 g/mol. The van der Waals surface area contributed by atoms with Crippen molar-refractivity contribution < 1.29 is 0 Å². The molecule has 2 aromatic rings. The lowest BCUT2D eigenvalue weighted by atomic mass is 10.3. The van der Waals surface area contributed by atoms with Gasteiger partial charge in [-0.2, -0.15) is 4.37 Å². The molecule has 0 aliphatic carbocycles. The highest BCUT2D eigenvalue weighted by molar-refractivity contribution is 7.09. The second-order valence-corrected chi connectivity index (χ2v) is 6.30. The molecule has 1 saturated heterocycles. The molecular formula is C15H22N6S. The smallest absolute Gasteiger partial charge is 0.205 e. The summed E-state index contributed by atoms with van der Waals surface area (Å²) in [6.07, 6.45) is 2.05. The summed E-state index contributed by atoms with van der Waals surface area (Å²) in [5, 5.41) is 1.03. The van der Waals surface area contributed by atoms with Crippen LogP contribution in [0.1, 0.15) is 30.7 Å². The summed E-state index contributed by atoms with van der Waals surface area (Å²) in [4.78, 5) is 18.3. The minimum atomic E-state index is 0.857. The number of rotatable bonds is 3. The molecule has 6 nitrogen and oxygen atoms in total. The van der Waals surface area contributed by atoms with Crippen molar-refractivity contribution in [2.75, 3.05) is 36.0 Å². The van der Waals surface area contributed by atoms with Gasteiger partial charge in [0.05, 0.1) is 0 Å². The minimum Gasteiger partial charge on any atom is -0.355 e. The van der Waals surface area contributed by atoms with Gasteiger partial charge in [-0.3, -0.25) is 0 Å². The third-order valence-electron chi connectivity index (χ3n) is 3.85. The highest BCUT2D eigenvalue weighted by Crippen LogP contribution is 2.21. The molecule has 0 bridgehead atoms. The molecule has 7 heteroatoms. The fourth-order valence-electron chi connectivity index (χ4n) is 2.71. The summed E-state index contributed by atoms with van der Waals surface area (Å²) in [6.45, 7) is 10.0. The number of hydrogen-bond donors (Lipinski definition) is 0. The zero-order chi connectivity index (χ0) is 15.5. The van der Waals surface area contributed by atoms with Gasteiger partial charge in [-0.1, -0.05) is 6.92 Å². The first kappa shape index (κ1) is 15.1. The van der Waals surface area contributed by atoms with Gasteiger partial charge in [0.25, 0.3) is 0 Å². The molecule has 0 spiro atoms. The van der Waals surface area contributed by atoms with E-state index in [2.05, 4.69) is 42.1 Å². The quantitative estimate of drug-likeness (QED) is 0.865. The third kappa shape index (κ3) is 3.35. The number of aryl methyl sites for hydroxylation is 3. The Kier molecular flexibility index (Phi) is 4.52. The van der Waals surface area contributed by atoms with Crippen LogP contribution in [0.25, 0.3) is 0 Å². The maximum atomic E-state index is 4.62. The largest absolute Gasteiger partial charge is 0.355 e. The van der Waals surface area contributed by atoms with Crippen molar-refractivity contribution in [2.45, 2.75) is 33.6 Å². The van der Waals surface area contributed by atoms with Crippen LogP contribution in [0.15, 0.2) is 6.07 Å². The fraction of sp³-hybridized carbons (Fsp3) is 0.600. The van der Waals surface area contributed by atoms with Gasteiger partial charge in [0.2, 0.25) is 5.13 Å². The van der Waals surface area contributed by atoms with Crippen molar-refractivity contribution in [1.29, 1.82) is 0 Å². The summed E-state index contributed by atoms with van der Waals surface area (Å²) in [6, 6.07) is 2.12. The van der Waals surface area contributed by atoms with Crippen molar-refractivity contribution in [2.24, 2.45) is 0 Å². The molecular weight excluding hydrogens is 296 g/mol. The van der Waals surface area contributed by atoms with E-state index in [1.54, 1.807) is 0 Å². The van der Waals surface area contributed by atoms with E-state index >= 15 is 0 Å². The molecule has 118 valence electrons. The topological polar surface area (TPSA) is 58.0 Å². The van der Waals surface area contributed by atoms with E-state index in [1.807, 2.05) is 13.8 Å². The summed E-state index contributed by atoms with van der Waals surface area (Å²) in [5.74, 6) is 2.77. The molecule has 1 aliphatic rings. The highest BCUT2D eigenvalue weighted by atomic mass is 32.1. The Labute approximate surface area is 135 Å². The van der Waals surface area contributed by atoms with Crippen molar-refractivity contribution in [3.8, 4) is 0 Å². The van der Waals surface area contributed by atoms with Gasteiger partial charge in [0.1, 0.15) is 17.5 Å². The lowest BCUT2D eigenvalue weighted by molar-refractivity contribution is 0.787. The van der Waals surface area contributed by atoms with Gasteiger partial charge in [0, 0.05) is 49.5 Å². The third-order valence-corrected chi connectivity index (χ3v) is 4.72. The molecule has 1 fully saturated rings. The minimum absolute atomic E-state index is 0.857. The molecule has 0 atom stereocenters. The Hall–Kier alpha value is -1.76. The van der Waals surface area contributed by atoms with Crippen LogP contribution in [-0.2, 0) is 6.42 Å². The molecule has 2 aromatic heterocycles. The van der Waals surface area contributed by atoms with Crippen LogP contribution in [0.4, 0.5) is 10.9 Å². The molecule has 0 N–H and O–H groups in total. The lowest BCUT2D eigenvalue weighted by Crippen LogP contribution is -2.31. The van der Waals surface area contributed by atoms with E-state index in [4.69, 9.17) is 0 Å². The molecule has 0 saturated carbocycles. The Morgan fingerprint density at radius 2 is 1.77 bits per heavy atom. The van der Waals surface area contributed by atoms with Gasteiger partial charge in [-0.25, -0.2) is 15.0 Å². The standard InChI is InChI=1S/C15H22N6S/c1-4-13-10-14(17-11(2)16-13)20-6-5-7-21(9-8-20)15-18-12(3)19-22-15/h10H,4-9H2,1-3H3. The summed E-state index contributed by atoms with van der Waals surface area (Å²) < 4.78 is 4.29. The first-order valence-electron chi connectivity index (χ1n) is 7.80. The second-order valence-electron chi connectivity index (χ2n) is 5.57. The van der Waals surface area contributed by atoms with E-state index in [0.29, 0.717) is 0 Å². The normalized spacial score (nSPS) is 16.0. The fourth-order valence-corrected chi connectivity index (χ4v) is 3.43. The molecule has 22 heavy (non-hydrogen) atoms. The van der Waals surface area contributed by atoms with Gasteiger partial charge in [0.15, 0.2) is 0 Å². The van der Waals surface area contributed by atoms with E-state index in [0.717, 1.165) is 67.3 Å². The lowest BCUT2D eigenvalue weighted by Gasteiger charge is -2.23. The van der Waals surface area contributed by atoms with Crippen LogP contribution >= 0.6 is 11.5 Å². The zero-order valence-electron chi connectivity index (χ0n) is 13.4. The maximum absolute atomic E-state index is 4.62. The van der Waals surface area contributed by atoms with E-state index in [9.17, 15) is 0 Å². The van der Waals surface area contributed by atoms with Crippen LogP contribution in [0.5, 0.6) is 0 Å². The summed E-state index contributed by atoms with van der Waals surface area (Å²) >= 11 is 1.49. The zero-order valence-corrected chi connectivity index (χ0v) is 14.2. The van der Waals surface area contributed by atoms with Gasteiger partial charge >= 0.3 is 0 Å². The maximum Gasteiger partial charge on any atom is 0.205 e. The van der Waals surface area contributed by atoms with Crippen molar-refractivity contribution >= 4 is 22.5 Å². The summed E-state index contributed by atoms with van der Waals surface area (Å²) in [7, 11) is 0. The van der Waals surface area contributed by atoms with Crippen molar-refractivity contribution in [1.82, 2.24) is 19.3 Å². The number of hydrogen-bond acceptors (Lipinski definition) is 7. The Morgan fingerprint density at radius 1 is 1.00 bits per heavy atom. The van der Waals surface area contributed by atoms with Crippen LogP contribution < -0.4 is 9.80 Å². The second kappa shape index (κ2) is 6.56. The number of nitrogens with zero attached hydrogens (tertiary/aromatic N) is 6. The predicted molar refractivity (Wildman–Crippen MR) is 89.8 cm³/mol. The van der Waals surface area contributed by atoms with Gasteiger partial charge in [-0.05, 0) is 26.7 Å². The van der Waals surface area contributed by atoms with Crippen LogP contribution in [0.2, 0.25) is 0 Å². The molecule has 3 heterocycles. The van der Waals surface area contributed by atoms with Gasteiger partial charge in [-0.15, -0.1) is 0 Å². The SMILES string of the molecule is CCc1cc(N2CCCN(c3nc(C)ns3)CC2)nc(C)n1. The molecule has 1 aliphatic heterocycles. The monoisotopic (exact) mass is 318 g/mol. The van der Waals surface area contributed by atoms with E-state index in [1.165, 1.54) is 11.5 Å².